The molecule has 0 saturated heterocycles. The molecule has 1 rings (SSSR count). The highest BCUT2D eigenvalue weighted by Gasteiger charge is 2.18. The SMILES string of the molecule is COCCN(CCC#N)C(=O)c1ccncc1F. The third kappa shape index (κ3) is 3.79. The summed E-state index contributed by atoms with van der Waals surface area (Å²) in [4.78, 5) is 17.1. The molecule has 1 aromatic heterocycles. The number of nitrogens with zero attached hydrogens (tertiary/aromatic N) is 3. The van der Waals surface area contributed by atoms with Gasteiger partial charge >= 0.3 is 0 Å². The molecular weight excluding hydrogens is 237 g/mol. The van der Waals surface area contributed by atoms with Gasteiger partial charge in [-0.2, -0.15) is 5.26 Å². The zero-order chi connectivity index (χ0) is 13.4. The molecule has 0 saturated carbocycles. The van der Waals surface area contributed by atoms with Crippen LogP contribution in [0.25, 0.3) is 0 Å². The maximum atomic E-state index is 13.4. The summed E-state index contributed by atoms with van der Waals surface area (Å²) in [6.45, 7) is 0.906. The molecular formula is C12H14FN3O2. The monoisotopic (exact) mass is 251 g/mol. The van der Waals surface area contributed by atoms with Gasteiger partial charge in [-0.3, -0.25) is 9.78 Å². The second-order valence-electron chi connectivity index (χ2n) is 3.55. The highest BCUT2D eigenvalue weighted by Crippen LogP contribution is 2.09. The third-order valence-corrected chi connectivity index (χ3v) is 2.35. The normalized spacial score (nSPS) is 9.83. The predicted molar refractivity (Wildman–Crippen MR) is 62.2 cm³/mol. The van der Waals surface area contributed by atoms with Gasteiger partial charge < -0.3 is 9.64 Å². The van der Waals surface area contributed by atoms with Crippen LogP contribution in [0.2, 0.25) is 0 Å². The Balaban J connectivity index is 2.81. The van der Waals surface area contributed by atoms with Crippen molar-refractivity contribution in [1.29, 1.82) is 5.26 Å². The topological polar surface area (TPSA) is 66.2 Å². The van der Waals surface area contributed by atoms with E-state index in [2.05, 4.69) is 4.98 Å². The number of carbonyl (C=O) groups excluding carboxylic acids is 1. The molecule has 0 spiro atoms. The second kappa shape index (κ2) is 7.35. The Morgan fingerprint density at radius 3 is 3.00 bits per heavy atom. The fraction of sp³-hybridized carbons (Fsp3) is 0.417. The van der Waals surface area contributed by atoms with E-state index in [1.54, 1.807) is 0 Å². The molecule has 0 aliphatic carbocycles. The van der Waals surface area contributed by atoms with E-state index < -0.39 is 11.7 Å². The minimum Gasteiger partial charge on any atom is -0.383 e. The van der Waals surface area contributed by atoms with Crippen LogP contribution >= 0.6 is 0 Å². The van der Waals surface area contributed by atoms with E-state index >= 15 is 0 Å². The standard InChI is InChI=1S/C12H14FN3O2/c1-18-8-7-16(6-2-4-14)12(17)10-3-5-15-9-11(10)13/h3,5,9H,2,6-8H2,1H3. The van der Waals surface area contributed by atoms with Crippen LogP contribution in [0, 0.1) is 17.1 Å². The number of halogens is 1. The van der Waals surface area contributed by atoms with Crippen LogP contribution in [0.4, 0.5) is 4.39 Å². The summed E-state index contributed by atoms with van der Waals surface area (Å²) >= 11 is 0. The van der Waals surface area contributed by atoms with Gasteiger partial charge in [-0.1, -0.05) is 0 Å². The van der Waals surface area contributed by atoms with E-state index in [0.29, 0.717) is 13.2 Å². The fourth-order valence-corrected chi connectivity index (χ4v) is 1.42. The summed E-state index contributed by atoms with van der Waals surface area (Å²) in [7, 11) is 1.51. The van der Waals surface area contributed by atoms with Crippen LogP contribution in [0.5, 0.6) is 0 Å². The van der Waals surface area contributed by atoms with Crippen molar-refractivity contribution in [3.05, 3.63) is 29.8 Å². The van der Waals surface area contributed by atoms with Crippen molar-refractivity contribution < 1.29 is 13.9 Å². The summed E-state index contributed by atoms with van der Waals surface area (Å²) in [5.74, 6) is -1.12. The first-order valence-corrected chi connectivity index (χ1v) is 5.45. The molecule has 0 atom stereocenters. The molecule has 1 heterocycles. The highest BCUT2D eigenvalue weighted by molar-refractivity contribution is 5.94. The van der Waals surface area contributed by atoms with E-state index in [9.17, 15) is 9.18 Å². The molecule has 6 heteroatoms. The average Bonchev–Trinajstić information content (AvgIpc) is 2.39. The Bertz CT molecular complexity index is 445. The number of carbonyl (C=O) groups is 1. The van der Waals surface area contributed by atoms with Gasteiger partial charge in [0.2, 0.25) is 0 Å². The number of pyridine rings is 1. The Kier molecular flexibility index (Phi) is 5.74. The second-order valence-corrected chi connectivity index (χ2v) is 3.55. The molecule has 0 aromatic carbocycles. The van der Waals surface area contributed by atoms with E-state index in [0.717, 1.165) is 6.20 Å². The van der Waals surface area contributed by atoms with Gasteiger partial charge in [0.05, 0.1) is 30.9 Å². The largest absolute Gasteiger partial charge is 0.383 e. The van der Waals surface area contributed by atoms with Crippen molar-refractivity contribution >= 4 is 5.91 Å². The van der Waals surface area contributed by atoms with Gasteiger partial charge in [0.1, 0.15) is 0 Å². The van der Waals surface area contributed by atoms with Crippen molar-refractivity contribution in [2.45, 2.75) is 6.42 Å². The molecule has 96 valence electrons. The molecule has 0 radical (unpaired) electrons. The van der Waals surface area contributed by atoms with Crippen molar-refractivity contribution in [2.75, 3.05) is 26.8 Å². The lowest BCUT2D eigenvalue weighted by atomic mass is 10.2. The Hall–Kier alpha value is -2.00. The van der Waals surface area contributed by atoms with Gasteiger partial charge in [-0.25, -0.2) is 4.39 Å². The fourth-order valence-electron chi connectivity index (χ4n) is 1.42. The van der Waals surface area contributed by atoms with E-state index in [-0.39, 0.29) is 18.5 Å². The zero-order valence-corrected chi connectivity index (χ0v) is 10.1. The molecule has 5 nitrogen and oxygen atoms in total. The van der Waals surface area contributed by atoms with Gasteiger partial charge in [0.15, 0.2) is 5.82 Å². The van der Waals surface area contributed by atoms with Gasteiger partial charge in [0, 0.05) is 26.4 Å². The number of amides is 1. The van der Waals surface area contributed by atoms with Crippen LogP contribution in [0.15, 0.2) is 18.5 Å². The highest BCUT2D eigenvalue weighted by atomic mass is 19.1. The first kappa shape index (κ1) is 14.1. The lowest BCUT2D eigenvalue weighted by molar-refractivity contribution is 0.0695. The predicted octanol–water partition coefficient (Wildman–Crippen LogP) is 1.22. The minimum absolute atomic E-state index is 0.0426. The number of aromatic nitrogens is 1. The summed E-state index contributed by atoms with van der Waals surface area (Å²) in [6.07, 6.45) is 2.54. The maximum absolute atomic E-state index is 13.4. The Morgan fingerprint density at radius 1 is 1.61 bits per heavy atom. The molecule has 0 aliphatic rings. The minimum atomic E-state index is -0.665. The summed E-state index contributed by atoms with van der Waals surface area (Å²) in [6, 6.07) is 3.28. The van der Waals surface area contributed by atoms with Crippen molar-refractivity contribution in [2.24, 2.45) is 0 Å². The maximum Gasteiger partial charge on any atom is 0.257 e. The molecule has 1 amide bonds. The van der Waals surface area contributed by atoms with Crippen molar-refractivity contribution in [3.63, 3.8) is 0 Å². The third-order valence-electron chi connectivity index (χ3n) is 2.35. The first-order chi connectivity index (χ1) is 8.70. The molecule has 0 aliphatic heterocycles. The summed E-state index contributed by atoms with van der Waals surface area (Å²) < 4.78 is 18.3. The summed E-state index contributed by atoms with van der Waals surface area (Å²) in [5, 5.41) is 8.54. The molecule has 0 bridgehead atoms. The number of hydrogen-bond acceptors (Lipinski definition) is 4. The smallest absolute Gasteiger partial charge is 0.257 e. The van der Waals surface area contributed by atoms with E-state index in [1.165, 1.54) is 24.3 Å². The van der Waals surface area contributed by atoms with Gasteiger partial charge in [-0.05, 0) is 6.07 Å². The van der Waals surface area contributed by atoms with Crippen LogP contribution in [-0.2, 0) is 4.74 Å². The van der Waals surface area contributed by atoms with E-state index in [1.807, 2.05) is 6.07 Å². The van der Waals surface area contributed by atoms with Crippen molar-refractivity contribution in [1.82, 2.24) is 9.88 Å². The van der Waals surface area contributed by atoms with Gasteiger partial charge in [-0.15, -0.1) is 0 Å². The molecule has 0 unspecified atom stereocenters. The van der Waals surface area contributed by atoms with Gasteiger partial charge in [0.25, 0.3) is 5.91 Å². The number of ether oxygens (including phenoxy) is 1. The summed E-state index contributed by atoms with van der Waals surface area (Å²) in [5.41, 5.74) is -0.0426. The van der Waals surface area contributed by atoms with Crippen molar-refractivity contribution in [3.8, 4) is 6.07 Å². The molecule has 0 fully saturated rings. The number of methoxy groups -OCH3 is 1. The quantitative estimate of drug-likeness (QED) is 0.762. The first-order valence-electron chi connectivity index (χ1n) is 5.45. The molecule has 18 heavy (non-hydrogen) atoms. The number of hydrogen-bond donors (Lipinski definition) is 0. The number of nitriles is 1. The van der Waals surface area contributed by atoms with Crippen LogP contribution in [-0.4, -0.2) is 42.6 Å². The zero-order valence-electron chi connectivity index (χ0n) is 10.1. The lowest BCUT2D eigenvalue weighted by Crippen LogP contribution is -2.35. The lowest BCUT2D eigenvalue weighted by Gasteiger charge is -2.21. The molecule has 1 aromatic rings. The van der Waals surface area contributed by atoms with Crippen LogP contribution < -0.4 is 0 Å². The van der Waals surface area contributed by atoms with E-state index in [4.69, 9.17) is 10.00 Å². The Labute approximate surface area is 105 Å². The number of rotatable bonds is 6. The van der Waals surface area contributed by atoms with Crippen LogP contribution in [0.1, 0.15) is 16.8 Å². The van der Waals surface area contributed by atoms with Crippen LogP contribution in [0.3, 0.4) is 0 Å². The average molecular weight is 251 g/mol. The Morgan fingerprint density at radius 2 is 2.39 bits per heavy atom. The molecule has 0 N–H and O–H groups in total.